The molecule has 2 amide bonds. The number of rotatable bonds is 15. The van der Waals surface area contributed by atoms with E-state index in [1.54, 1.807) is 12.1 Å². The molecule has 0 aliphatic carbocycles. The SMILES string of the molecule is COc1ccc(S(=O)(=O)N(CC(=O)N(Cc2ccccc2)[C@@H](Cc2ccccc2)C(=O)NCC(C)C)c2ccc(Cl)cc2)cc1OC. The maximum absolute atomic E-state index is 14.5. The van der Waals surface area contributed by atoms with Gasteiger partial charge in [-0.1, -0.05) is 86.1 Å². The Labute approximate surface area is 282 Å². The van der Waals surface area contributed by atoms with Crippen molar-refractivity contribution in [1.82, 2.24) is 10.2 Å². The molecule has 0 aliphatic rings. The Balaban J connectivity index is 1.80. The number of halogens is 1. The predicted octanol–water partition coefficient (Wildman–Crippen LogP) is 5.96. The minimum absolute atomic E-state index is 0.0805. The number of amides is 2. The van der Waals surface area contributed by atoms with Gasteiger partial charge in [-0.15, -0.1) is 0 Å². The van der Waals surface area contributed by atoms with Gasteiger partial charge in [0.15, 0.2) is 11.5 Å². The monoisotopic (exact) mass is 677 g/mol. The van der Waals surface area contributed by atoms with E-state index in [9.17, 15) is 18.0 Å². The number of hydrogen-bond acceptors (Lipinski definition) is 6. The van der Waals surface area contributed by atoms with Crippen LogP contribution in [0.3, 0.4) is 0 Å². The summed E-state index contributed by atoms with van der Waals surface area (Å²) in [5.74, 6) is -0.139. The van der Waals surface area contributed by atoms with Gasteiger partial charge in [-0.25, -0.2) is 8.42 Å². The molecule has 0 spiro atoms. The number of nitrogens with zero attached hydrogens (tertiary/aromatic N) is 2. The molecule has 0 heterocycles. The van der Waals surface area contributed by atoms with E-state index in [4.69, 9.17) is 21.1 Å². The number of benzene rings is 4. The Morgan fingerprint density at radius 2 is 1.40 bits per heavy atom. The topological polar surface area (TPSA) is 105 Å². The third-order valence-corrected chi connectivity index (χ3v) is 9.51. The van der Waals surface area contributed by atoms with Gasteiger partial charge >= 0.3 is 0 Å². The van der Waals surface area contributed by atoms with Crippen LogP contribution in [0.4, 0.5) is 5.69 Å². The molecule has 0 aromatic heterocycles. The standard InChI is InChI=1S/C36H40ClN3O6S/c1-26(2)23-38-36(42)32(21-27-11-7-5-8-12-27)39(24-28-13-9-6-10-14-28)35(41)25-40(30-17-15-29(37)16-18-30)47(43,44)31-19-20-33(45-3)34(22-31)46-4/h5-20,22,26,32H,21,23-25H2,1-4H3,(H,38,42)/t32-/m0/s1. The highest BCUT2D eigenvalue weighted by Gasteiger charge is 2.35. The molecule has 0 aliphatic heterocycles. The van der Waals surface area contributed by atoms with Crippen molar-refractivity contribution in [3.05, 3.63) is 119 Å². The fraction of sp³-hybridized carbons (Fsp3) is 0.278. The third-order valence-electron chi connectivity index (χ3n) is 7.49. The van der Waals surface area contributed by atoms with Gasteiger partial charge in [-0.2, -0.15) is 0 Å². The molecule has 4 aromatic rings. The zero-order valence-electron chi connectivity index (χ0n) is 26.9. The van der Waals surface area contributed by atoms with E-state index in [0.717, 1.165) is 15.4 Å². The Bertz CT molecular complexity index is 1740. The van der Waals surface area contributed by atoms with Crippen LogP contribution < -0.4 is 19.1 Å². The number of ether oxygens (including phenoxy) is 2. The Kier molecular flexibility index (Phi) is 12.3. The molecule has 11 heteroatoms. The van der Waals surface area contributed by atoms with Crippen LogP contribution in [0.1, 0.15) is 25.0 Å². The molecule has 0 saturated heterocycles. The molecule has 0 radical (unpaired) electrons. The lowest BCUT2D eigenvalue weighted by molar-refractivity contribution is -0.140. The van der Waals surface area contributed by atoms with Crippen molar-refractivity contribution in [2.24, 2.45) is 5.92 Å². The smallest absolute Gasteiger partial charge is 0.264 e. The summed E-state index contributed by atoms with van der Waals surface area (Å²) < 4.78 is 40.3. The molecular formula is C36H40ClN3O6S. The first-order valence-electron chi connectivity index (χ1n) is 15.2. The van der Waals surface area contributed by atoms with E-state index >= 15 is 0 Å². The van der Waals surface area contributed by atoms with Crippen LogP contribution in [0.15, 0.2) is 108 Å². The van der Waals surface area contributed by atoms with Crippen molar-refractivity contribution in [1.29, 1.82) is 0 Å². The summed E-state index contributed by atoms with van der Waals surface area (Å²) in [4.78, 5) is 29.8. The minimum atomic E-state index is -4.35. The van der Waals surface area contributed by atoms with Crippen molar-refractivity contribution in [3.8, 4) is 11.5 Å². The van der Waals surface area contributed by atoms with Gasteiger partial charge in [0.25, 0.3) is 10.0 Å². The van der Waals surface area contributed by atoms with E-state index in [1.807, 2.05) is 74.5 Å². The zero-order chi connectivity index (χ0) is 34.0. The van der Waals surface area contributed by atoms with Crippen LogP contribution in [0, 0.1) is 5.92 Å². The molecule has 0 saturated carbocycles. The quantitative estimate of drug-likeness (QED) is 0.166. The summed E-state index contributed by atoms with van der Waals surface area (Å²) in [6.45, 7) is 3.89. The molecule has 4 aromatic carbocycles. The van der Waals surface area contributed by atoms with Crippen LogP contribution in [0.2, 0.25) is 5.02 Å². The van der Waals surface area contributed by atoms with Crippen LogP contribution in [0.25, 0.3) is 0 Å². The molecule has 1 N–H and O–H groups in total. The van der Waals surface area contributed by atoms with E-state index in [-0.39, 0.29) is 41.1 Å². The summed E-state index contributed by atoms with van der Waals surface area (Å²) in [6, 6.07) is 28.2. The second-order valence-electron chi connectivity index (χ2n) is 11.4. The van der Waals surface area contributed by atoms with Gasteiger partial charge < -0.3 is 19.7 Å². The van der Waals surface area contributed by atoms with Gasteiger partial charge in [-0.05, 0) is 53.4 Å². The number of hydrogen-bond donors (Lipinski definition) is 1. The molecule has 47 heavy (non-hydrogen) atoms. The van der Waals surface area contributed by atoms with Crippen molar-refractivity contribution in [2.45, 2.75) is 37.8 Å². The molecule has 4 rings (SSSR count). The van der Waals surface area contributed by atoms with Crippen LogP contribution in [0.5, 0.6) is 11.5 Å². The first-order valence-corrected chi connectivity index (χ1v) is 17.0. The normalized spacial score (nSPS) is 11.9. The lowest BCUT2D eigenvalue weighted by Gasteiger charge is -2.34. The molecular weight excluding hydrogens is 638 g/mol. The number of methoxy groups -OCH3 is 2. The number of carbonyl (C=O) groups is 2. The maximum Gasteiger partial charge on any atom is 0.264 e. The summed E-state index contributed by atoms with van der Waals surface area (Å²) >= 11 is 6.15. The van der Waals surface area contributed by atoms with Crippen LogP contribution in [-0.2, 0) is 32.6 Å². The van der Waals surface area contributed by atoms with Crippen LogP contribution >= 0.6 is 11.6 Å². The second kappa shape index (κ2) is 16.3. The van der Waals surface area contributed by atoms with Crippen molar-refractivity contribution >= 4 is 39.1 Å². The predicted molar refractivity (Wildman–Crippen MR) is 184 cm³/mol. The van der Waals surface area contributed by atoms with Crippen LogP contribution in [-0.4, -0.2) is 58.5 Å². The number of sulfonamides is 1. The lowest BCUT2D eigenvalue weighted by atomic mass is 10.0. The summed E-state index contributed by atoms with van der Waals surface area (Å²) in [5, 5.41) is 3.39. The molecule has 0 fully saturated rings. The Hall–Kier alpha value is -4.54. The van der Waals surface area contributed by atoms with Crippen molar-refractivity contribution < 1.29 is 27.5 Å². The van der Waals surface area contributed by atoms with Gasteiger partial charge in [0.2, 0.25) is 11.8 Å². The minimum Gasteiger partial charge on any atom is -0.493 e. The van der Waals surface area contributed by atoms with Gasteiger partial charge in [0.1, 0.15) is 12.6 Å². The maximum atomic E-state index is 14.5. The summed E-state index contributed by atoms with van der Waals surface area (Å²) in [5.41, 5.74) is 1.87. The second-order valence-corrected chi connectivity index (χ2v) is 13.7. The molecule has 0 bridgehead atoms. The molecule has 1 atom stereocenters. The lowest BCUT2D eigenvalue weighted by Crippen LogP contribution is -2.53. The molecule has 248 valence electrons. The summed E-state index contributed by atoms with van der Waals surface area (Å²) in [6.07, 6.45) is 0.229. The van der Waals surface area contributed by atoms with E-state index < -0.39 is 28.5 Å². The average Bonchev–Trinajstić information content (AvgIpc) is 3.08. The number of nitrogens with one attached hydrogen (secondary N) is 1. The van der Waals surface area contributed by atoms with E-state index in [1.165, 1.54) is 49.5 Å². The van der Waals surface area contributed by atoms with Gasteiger partial charge in [-0.3, -0.25) is 13.9 Å². The van der Waals surface area contributed by atoms with Gasteiger partial charge in [0, 0.05) is 30.6 Å². The fourth-order valence-corrected chi connectivity index (χ4v) is 6.55. The first kappa shape index (κ1) is 35.3. The van der Waals surface area contributed by atoms with Gasteiger partial charge in [0.05, 0.1) is 24.8 Å². The third kappa shape index (κ3) is 9.27. The van der Waals surface area contributed by atoms with Crippen molar-refractivity contribution in [2.75, 3.05) is 31.6 Å². The highest BCUT2D eigenvalue weighted by Crippen LogP contribution is 2.33. The van der Waals surface area contributed by atoms with Crippen molar-refractivity contribution in [3.63, 3.8) is 0 Å². The Morgan fingerprint density at radius 3 is 1.98 bits per heavy atom. The Morgan fingerprint density at radius 1 is 0.809 bits per heavy atom. The highest BCUT2D eigenvalue weighted by atomic mass is 35.5. The van der Waals surface area contributed by atoms with E-state index in [2.05, 4.69) is 5.32 Å². The molecule has 0 unspecified atom stereocenters. The number of anilines is 1. The zero-order valence-corrected chi connectivity index (χ0v) is 28.5. The average molecular weight is 678 g/mol. The highest BCUT2D eigenvalue weighted by molar-refractivity contribution is 7.92. The molecule has 9 nitrogen and oxygen atoms in total. The first-order chi connectivity index (χ1) is 22.5. The fourth-order valence-electron chi connectivity index (χ4n) is 5.00. The number of carbonyl (C=O) groups excluding carboxylic acids is 2. The largest absolute Gasteiger partial charge is 0.493 e. The summed E-state index contributed by atoms with van der Waals surface area (Å²) in [7, 11) is -1.48. The van der Waals surface area contributed by atoms with E-state index in [0.29, 0.717) is 17.3 Å².